The molecule has 4 nitrogen and oxygen atoms in total. The number of rotatable bonds is 5. The van der Waals surface area contributed by atoms with E-state index in [1.165, 1.54) is 38.3 Å². The number of ketones is 1. The van der Waals surface area contributed by atoms with Crippen LogP contribution in [-0.4, -0.2) is 25.0 Å². The Labute approximate surface area is 150 Å². The normalized spacial score (nSPS) is 11.8. The summed E-state index contributed by atoms with van der Waals surface area (Å²) in [6, 6.07) is 16.1. The third kappa shape index (κ3) is 3.57. The lowest BCUT2D eigenvalue weighted by atomic mass is 10.1. The van der Waals surface area contributed by atoms with E-state index < -0.39 is 23.7 Å². The number of ether oxygens (including phenoxy) is 2. The fourth-order valence-electron chi connectivity index (χ4n) is 2.67. The zero-order valence-corrected chi connectivity index (χ0v) is 14.4. The minimum Gasteiger partial charge on any atom is -0.496 e. The van der Waals surface area contributed by atoms with Gasteiger partial charge in [0.1, 0.15) is 17.1 Å². The third-order valence-corrected chi connectivity index (χ3v) is 4.07. The summed E-state index contributed by atoms with van der Waals surface area (Å²) in [4.78, 5) is 24.9. The maximum atomic E-state index is 13.0. The molecule has 0 amide bonds. The smallest absolute Gasteiger partial charge is 0.342 e. The minimum absolute atomic E-state index is 0.241. The molecule has 1 atom stereocenters. The van der Waals surface area contributed by atoms with Crippen LogP contribution in [0.5, 0.6) is 5.75 Å². The number of benzene rings is 3. The molecule has 0 bridgehead atoms. The van der Waals surface area contributed by atoms with E-state index in [-0.39, 0.29) is 11.1 Å². The third-order valence-electron chi connectivity index (χ3n) is 4.07. The molecule has 0 saturated carbocycles. The van der Waals surface area contributed by atoms with Crippen LogP contribution >= 0.6 is 0 Å². The van der Waals surface area contributed by atoms with Gasteiger partial charge < -0.3 is 9.47 Å². The number of hydrogen-bond acceptors (Lipinski definition) is 4. The molecule has 0 heterocycles. The zero-order valence-electron chi connectivity index (χ0n) is 14.4. The minimum atomic E-state index is -1.01. The van der Waals surface area contributed by atoms with Crippen LogP contribution in [0.2, 0.25) is 0 Å². The number of methoxy groups -OCH3 is 1. The summed E-state index contributed by atoms with van der Waals surface area (Å²) in [5, 5.41) is 1.79. The molecule has 132 valence electrons. The molecule has 0 fully saturated rings. The molecule has 0 radical (unpaired) electrons. The van der Waals surface area contributed by atoms with Crippen LogP contribution in [0.25, 0.3) is 10.8 Å². The van der Waals surface area contributed by atoms with Gasteiger partial charge in [-0.2, -0.15) is 0 Å². The molecule has 26 heavy (non-hydrogen) atoms. The van der Waals surface area contributed by atoms with Crippen molar-refractivity contribution in [3.63, 3.8) is 0 Å². The van der Waals surface area contributed by atoms with Crippen molar-refractivity contribution in [1.29, 1.82) is 0 Å². The standard InChI is InChI=1S/C21H17FO4/c1-13(20(23)14-7-9-17(22)10-8-14)26-21(24)18-11-15-5-3-4-6-16(15)12-19(18)25-2/h3-13H,1-2H3. The van der Waals surface area contributed by atoms with Gasteiger partial charge in [0.25, 0.3) is 0 Å². The second-order valence-corrected chi connectivity index (χ2v) is 5.82. The average Bonchev–Trinajstić information content (AvgIpc) is 2.66. The maximum absolute atomic E-state index is 13.0. The summed E-state index contributed by atoms with van der Waals surface area (Å²) < 4.78 is 23.6. The number of carbonyl (C=O) groups is 2. The van der Waals surface area contributed by atoms with Gasteiger partial charge in [0.05, 0.1) is 7.11 Å². The second kappa shape index (κ2) is 7.35. The fourth-order valence-corrected chi connectivity index (χ4v) is 2.67. The summed E-state index contributed by atoms with van der Waals surface area (Å²) in [5.41, 5.74) is 0.516. The summed E-state index contributed by atoms with van der Waals surface area (Å²) in [7, 11) is 1.47. The Kier molecular flexibility index (Phi) is 4.98. The summed E-state index contributed by atoms with van der Waals surface area (Å²) in [5.74, 6) is -1.13. The monoisotopic (exact) mass is 352 g/mol. The topological polar surface area (TPSA) is 52.6 Å². The molecule has 0 N–H and O–H groups in total. The molecule has 3 aromatic carbocycles. The van der Waals surface area contributed by atoms with Crippen LogP contribution in [0.1, 0.15) is 27.6 Å². The molecule has 0 saturated heterocycles. The van der Waals surface area contributed by atoms with Crippen molar-refractivity contribution < 1.29 is 23.5 Å². The van der Waals surface area contributed by atoms with Crippen LogP contribution in [-0.2, 0) is 4.74 Å². The van der Waals surface area contributed by atoms with Crippen molar-refractivity contribution in [3.05, 3.63) is 77.6 Å². The summed E-state index contributed by atoms with van der Waals surface area (Å²) in [6.07, 6.45) is -1.01. The van der Waals surface area contributed by atoms with E-state index in [2.05, 4.69) is 0 Å². The van der Waals surface area contributed by atoms with Gasteiger partial charge in [-0.15, -0.1) is 0 Å². The number of fused-ring (bicyclic) bond motifs is 1. The molecule has 3 aromatic rings. The predicted octanol–water partition coefficient (Wildman–Crippen LogP) is 4.42. The second-order valence-electron chi connectivity index (χ2n) is 5.82. The number of esters is 1. The fraction of sp³-hybridized carbons (Fsp3) is 0.143. The van der Waals surface area contributed by atoms with Gasteiger partial charge in [-0.3, -0.25) is 4.79 Å². The Morgan fingerprint density at radius 2 is 1.58 bits per heavy atom. The van der Waals surface area contributed by atoms with Crippen molar-refractivity contribution in [1.82, 2.24) is 0 Å². The molecule has 0 aromatic heterocycles. The molecule has 3 rings (SSSR count). The molecule has 5 heteroatoms. The first-order valence-electron chi connectivity index (χ1n) is 8.07. The van der Waals surface area contributed by atoms with Crippen molar-refractivity contribution in [3.8, 4) is 5.75 Å². The van der Waals surface area contributed by atoms with Crippen LogP contribution in [0.15, 0.2) is 60.7 Å². The number of hydrogen-bond donors (Lipinski definition) is 0. The molecular weight excluding hydrogens is 335 g/mol. The van der Waals surface area contributed by atoms with Crippen molar-refractivity contribution in [2.75, 3.05) is 7.11 Å². The predicted molar refractivity (Wildman–Crippen MR) is 96.1 cm³/mol. The van der Waals surface area contributed by atoms with Crippen LogP contribution in [0, 0.1) is 5.82 Å². The van der Waals surface area contributed by atoms with Gasteiger partial charge in [0, 0.05) is 5.56 Å². The lowest BCUT2D eigenvalue weighted by Gasteiger charge is -2.14. The first-order valence-corrected chi connectivity index (χ1v) is 8.07. The van der Waals surface area contributed by atoms with Gasteiger partial charge in [-0.25, -0.2) is 9.18 Å². The molecule has 0 aliphatic heterocycles. The van der Waals surface area contributed by atoms with Gasteiger partial charge in [0.15, 0.2) is 6.10 Å². The zero-order chi connectivity index (χ0) is 18.7. The van der Waals surface area contributed by atoms with E-state index in [1.807, 2.05) is 24.3 Å². The highest BCUT2D eigenvalue weighted by Crippen LogP contribution is 2.27. The lowest BCUT2D eigenvalue weighted by molar-refractivity contribution is 0.0316. The number of carbonyl (C=O) groups excluding carboxylic acids is 2. The van der Waals surface area contributed by atoms with E-state index >= 15 is 0 Å². The lowest BCUT2D eigenvalue weighted by Crippen LogP contribution is -2.24. The molecule has 1 unspecified atom stereocenters. The van der Waals surface area contributed by atoms with Gasteiger partial charge in [-0.1, -0.05) is 24.3 Å². The largest absolute Gasteiger partial charge is 0.496 e. The van der Waals surface area contributed by atoms with Gasteiger partial charge >= 0.3 is 5.97 Å². The van der Waals surface area contributed by atoms with Crippen LogP contribution in [0.4, 0.5) is 4.39 Å². The highest BCUT2D eigenvalue weighted by molar-refractivity contribution is 6.03. The van der Waals surface area contributed by atoms with Crippen LogP contribution < -0.4 is 4.74 Å². The molecule has 0 aliphatic rings. The SMILES string of the molecule is COc1cc2ccccc2cc1C(=O)OC(C)C(=O)c1ccc(F)cc1. The van der Waals surface area contributed by atoms with Gasteiger partial charge in [0.2, 0.25) is 5.78 Å². The van der Waals surface area contributed by atoms with E-state index in [4.69, 9.17) is 9.47 Å². The van der Waals surface area contributed by atoms with E-state index in [9.17, 15) is 14.0 Å². The Bertz CT molecular complexity index is 963. The molecule has 0 aliphatic carbocycles. The highest BCUT2D eigenvalue weighted by atomic mass is 19.1. The van der Waals surface area contributed by atoms with E-state index in [0.717, 1.165) is 10.8 Å². The Balaban J connectivity index is 1.83. The number of halogens is 1. The van der Waals surface area contributed by atoms with Crippen molar-refractivity contribution in [2.24, 2.45) is 0 Å². The highest BCUT2D eigenvalue weighted by Gasteiger charge is 2.23. The quantitative estimate of drug-likeness (QED) is 0.504. The maximum Gasteiger partial charge on any atom is 0.342 e. The van der Waals surface area contributed by atoms with Gasteiger partial charge in [-0.05, 0) is 54.1 Å². The molecular formula is C21H17FO4. The van der Waals surface area contributed by atoms with Crippen molar-refractivity contribution >= 4 is 22.5 Å². The Morgan fingerprint density at radius 3 is 2.19 bits per heavy atom. The first-order chi connectivity index (χ1) is 12.5. The Morgan fingerprint density at radius 1 is 0.962 bits per heavy atom. The number of Topliss-reactive ketones (excluding diaryl/α,β-unsaturated/α-hetero) is 1. The summed E-state index contributed by atoms with van der Waals surface area (Å²) >= 11 is 0. The van der Waals surface area contributed by atoms with E-state index in [1.54, 1.807) is 12.1 Å². The van der Waals surface area contributed by atoms with Crippen molar-refractivity contribution in [2.45, 2.75) is 13.0 Å². The molecule has 0 spiro atoms. The summed E-state index contributed by atoms with van der Waals surface area (Å²) in [6.45, 7) is 1.48. The first kappa shape index (κ1) is 17.6. The van der Waals surface area contributed by atoms with E-state index in [0.29, 0.717) is 5.75 Å². The Hall–Kier alpha value is -3.21. The average molecular weight is 352 g/mol. The van der Waals surface area contributed by atoms with Crippen LogP contribution in [0.3, 0.4) is 0 Å².